The van der Waals surface area contributed by atoms with Crippen molar-refractivity contribution in [1.29, 1.82) is 0 Å². The predicted octanol–water partition coefficient (Wildman–Crippen LogP) is 19.4. The van der Waals surface area contributed by atoms with Crippen molar-refractivity contribution in [3.63, 3.8) is 0 Å². The molecule has 0 amide bonds. The van der Waals surface area contributed by atoms with Crippen LogP contribution in [0.4, 0.5) is 0 Å². The van der Waals surface area contributed by atoms with Crippen LogP contribution in [0, 0.1) is 0 Å². The van der Waals surface area contributed by atoms with Gasteiger partial charge in [-0.25, -0.2) is 4.79 Å². The van der Waals surface area contributed by atoms with E-state index in [1.807, 2.05) is 21.1 Å². The molecule has 0 aliphatic rings. The molecule has 2 atom stereocenters. The van der Waals surface area contributed by atoms with E-state index in [1.54, 1.807) is 0 Å². The Bertz CT molecular complexity index is 1490. The molecular formula is C68H122NO8+. The van der Waals surface area contributed by atoms with Crippen molar-refractivity contribution in [3.05, 3.63) is 72.9 Å². The Hall–Kier alpha value is -3.27. The molecule has 1 N–H and O–H groups in total. The average Bonchev–Trinajstić information content (AvgIpc) is 3.40. The van der Waals surface area contributed by atoms with Crippen LogP contribution in [0.25, 0.3) is 0 Å². The molecule has 0 spiro atoms. The lowest BCUT2D eigenvalue weighted by Crippen LogP contribution is -2.40. The van der Waals surface area contributed by atoms with E-state index >= 15 is 0 Å². The second kappa shape index (κ2) is 58.9. The summed E-state index contributed by atoms with van der Waals surface area (Å²) >= 11 is 0. The van der Waals surface area contributed by atoms with Crippen LogP contribution < -0.4 is 0 Å². The summed E-state index contributed by atoms with van der Waals surface area (Å²) < 4.78 is 22.8. The van der Waals surface area contributed by atoms with Gasteiger partial charge in [0.05, 0.1) is 34.4 Å². The number of carboxylic acids is 1. The molecule has 9 heteroatoms. The fraction of sp³-hybridized carbons (Fsp3) is 0.779. The summed E-state index contributed by atoms with van der Waals surface area (Å²) in [7, 11) is 5.97. The smallest absolute Gasteiger partial charge is 0.361 e. The number of nitrogens with zero attached hydrogens (tertiary/aromatic N) is 1. The van der Waals surface area contributed by atoms with Crippen LogP contribution >= 0.6 is 0 Å². The normalized spacial score (nSPS) is 13.2. The zero-order valence-electron chi connectivity index (χ0n) is 50.9. The lowest BCUT2D eigenvalue weighted by Gasteiger charge is -2.25. The molecular weight excluding hydrogens is 959 g/mol. The van der Waals surface area contributed by atoms with E-state index in [4.69, 9.17) is 18.9 Å². The summed E-state index contributed by atoms with van der Waals surface area (Å²) in [5.74, 6) is -2.01. The first kappa shape index (κ1) is 73.7. The van der Waals surface area contributed by atoms with E-state index in [0.29, 0.717) is 17.4 Å². The maximum Gasteiger partial charge on any atom is 0.361 e. The number of carbonyl (C=O) groups excluding carboxylic acids is 2. The average molecular weight is 1080 g/mol. The standard InChI is InChI=1S/C68H121NO8/c1-6-8-10-12-14-16-18-19-20-21-22-23-24-25-26-27-28-29-30-31-32-33-34-35-36-37-38-39-40-41-42-43-44-45-46-47-49-51-53-55-57-59-66(71)77-64(63-76-68(67(72)73)74-61-60-69(3,4)5)62-75-65(70)58-56-54-52-50-48-17-15-13-11-9-7-2/h8,10,13-16,19-20,22-23,25-26,64,68H,6-7,9,11-12,17-18,21,24,27-63H2,1-5H3/p+1/b10-8-,15-13-,16-14-,20-19-,23-22-,26-25-. The molecule has 0 saturated carbocycles. The Morgan fingerprint density at radius 1 is 0.403 bits per heavy atom. The van der Waals surface area contributed by atoms with Gasteiger partial charge in [0.25, 0.3) is 6.29 Å². The zero-order chi connectivity index (χ0) is 56.2. The molecule has 0 fully saturated rings. The van der Waals surface area contributed by atoms with Gasteiger partial charge in [0.2, 0.25) is 0 Å². The van der Waals surface area contributed by atoms with Gasteiger partial charge in [-0.3, -0.25) is 9.59 Å². The van der Waals surface area contributed by atoms with E-state index in [2.05, 4.69) is 86.8 Å². The summed E-state index contributed by atoms with van der Waals surface area (Å²) in [6.45, 7) is 4.73. The fourth-order valence-electron chi connectivity index (χ4n) is 9.02. The molecule has 0 radical (unpaired) electrons. The summed E-state index contributed by atoms with van der Waals surface area (Å²) in [6, 6.07) is 0. The number of esters is 2. The maximum absolute atomic E-state index is 12.9. The highest BCUT2D eigenvalue weighted by Crippen LogP contribution is 2.17. The minimum absolute atomic E-state index is 0.184. The molecule has 0 aromatic carbocycles. The number of allylic oxidation sites excluding steroid dienone is 12. The maximum atomic E-state index is 12.9. The molecule has 0 bridgehead atoms. The number of unbranched alkanes of at least 4 members (excludes halogenated alkanes) is 32. The zero-order valence-corrected chi connectivity index (χ0v) is 50.9. The van der Waals surface area contributed by atoms with Crippen LogP contribution in [0.1, 0.15) is 284 Å². The number of ether oxygens (including phenoxy) is 4. The van der Waals surface area contributed by atoms with Gasteiger partial charge in [-0.1, -0.05) is 267 Å². The largest absolute Gasteiger partial charge is 0.477 e. The fourth-order valence-corrected chi connectivity index (χ4v) is 9.02. The molecule has 0 rings (SSSR count). The molecule has 446 valence electrons. The molecule has 0 aliphatic carbocycles. The highest BCUT2D eigenvalue weighted by atomic mass is 16.7. The van der Waals surface area contributed by atoms with Crippen LogP contribution in [-0.2, 0) is 33.3 Å². The number of aliphatic carboxylic acids is 1. The topological polar surface area (TPSA) is 108 Å². The molecule has 2 unspecified atom stereocenters. The van der Waals surface area contributed by atoms with Crippen LogP contribution in [-0.4, -0.2) is 87.4 Å². The minimum atomic E-state index is -1.51. The van der Waals surface area contributed by atoms with E-state index in [1.165, 1.54) is 161 Å². The van der Waals surface area contributed by atoms with Crippen molar-refractivity contribution in [2.24, 2.45) is 0 Å². The molecule has 0 heterocycles. The number of quaternary nitrogens is 1. The summed E-state index contributed by atoms with van der Waals surface area (Å²) in [4.78, 5) is 37.3. The third-order valence-corrected chi connectivity index (χ3v) is 13.9. The van der Waals surface area contributed by atoms with Crippen molar-refractivity contribution in [1.82, 2.24) is 0 Å². The highest BCUT2D eigenvalue weighted by molar-refractivity contribution is 5.71. The first-order chi connectivity index (χ1) is 37.6. The molecule has 0 aromatic heterocycles. The third kappa shape index (κ3) is 60.2. The van der Waals surface area contributed by atoms with Gasteiger partial charge in [-0.05, 0) is 77.0 Å². The van der Waals surface area contributed by atoms with E-state index in [-0.39, 0.29) is 32.2 Å². The van der Waals surface area contributed by atoms with Crippen molar-refractivity contribution in [2.45, 2.75) is 296 Å². The second-order valence-electron chi connectivity index (χ2n) is 22.7. The Labute approximate surface area is 475 Å². The number of hydrogen-bond donors (Lipinski definition) is 1. The third-order valence-electron chi connectivity index (χ3n) is 13.9. The molecule has 0 aliphatic heterocycles. The molecule has 0 aromatic rings. The summed E-state index contributed by atoms with van der Waals surface area (Å²) in [5, 5.41) is 9.69. The van der Waals surface area contributed by atoms with Crippen LogP contribution in [0.5, 0.6) is 0 Å². The van der Waals surface area contributed by atoms with Crippen molar-refractivity contribution >= 4 is 17.9 Å². The number of carbonyl (C=O) groups is 3. The highest BCUT2D eigenvalue weighted by Gasteiger charge is 2.25. The van der Waals surface area contributed by atoms with Crippen molar-refractivity contribution < 1.29 is 42.9 Å². The Balaban J connectivity index is 3.89. The van der Waals surface area contributed by atoms with Gasteiger partial charge in [0, 0.05) is 12.8 Å². The van der Waals surface area contributed by atoms with Crippen LogP contribution in [0.15, 0.2) is 72.9 Å². The van der Waals surface area contributed by atoms with Gasteiger partial charge in [0.1, 0.15) is 13.2 Å². The summed E-state index contributed by atoms with van der Waals surface area (Å²) in [6.07, 6.45) is 74.6. The quantitative estimate of drug-likeness (QED) is 0.0211. The first-order valence-electron chi connectivity index (χ1n) is 32.1. The second-order valence-corrected chi connectivity index (χ2v) is 22.7. The van der Waals surface area contributed by atoms with Gasteiger partial charge in [-0.2, -0.15) is 0 Å². The van der Waals surface area contributed by atoms with Gasteiger partial charge >= 0.3 is 17.9 Å². The van der Waals surface area contributed by atoms with E-state index < -0.39 is 24.3 Å². The number of carboxylic acid groups (broad SMARTS) is 1. The Kier molecular flexibility index (Phi) is 56.4. The van der Waals surface area contributed by atoms with Crippen molar-refractivity contribution in [2.75, 3.05) is 47.5 Å². The van der Waals surface area contributed by atoms with Crippen molar-refractivity contribution in [3.8, 4) is 0 Å². The Morgan fingerprint density at radius 3 is 1.12 bits per heavy atom. The number of likely N-dealkylation sites (N-methyl/N-ethyl adjacent to an activating group) is 1. The number of rotatable bonds is 59. The Morgan fingerprint density at radius 2 is 0.740 bits per heavy atom. The minimum Gasteiger partial charge on any atom is -0.477 e. The lowest BCUT2D eigenvalue weighted by atomic mass is 10.0. The molecule has 9 nitrogen and oxygen atoms in total. The van der Waals surface area contributed by atoms with E-state index in [9.17, 15) is 19.5 Å². The molecule has 77 heavy (non-hydrogen) atoms. The number of hydrogen-bond acceptors (Lipinski definition) is 7. The SMILES string of the molecule is CC/C=C\C/C=C\C/C=C\C/C=C\C/C=C\CCCCCCCCCCCCCCCCCCCCCCCCCCCC(=O)OC(COC(=O)CCCCCCC/C=C\CCCC)COC(OCC[N+](C)(C)C)C(=O)O. The lowest BCUT2D eigenvalue weighted by molar-refractivity contribution is -0.870. The van der Waals surface area contributed by atoms with Crippen LogP contribution in [0.3, 0.4) is 0 Å². The molecule has 0 saturated heterocycles. The van der Waals surface area contributed by atoms with Gasteiger partial charge in [0.15, 0.2) is 6.10 Å². The van der Waals surface area contributed by atoms with Gasteiger partial charge in [-0.15, -0.1) is 0 Å². The van der Waals surface area contributed by atoms with Crippen LogP contribution in [0.2, 0.25) is 0 Å². The van der Waals surface area contributed by atoms with Gasteiger partial charge < -0.3 is 28.5 Å². The predicted molar refractivity (Wildman–Crippen MR) is 327 cm³/mol. The monoisotopic (exact) mass is 1080 g/mol. The summed E-state index contributed by atoms with van der Waals surface area (Å²) in [5.41, 5.74) is 0. The first-order valence-corrected chi connectivity index (χ1v) is 32.1. The van der Waals surface area contributed by atoms with E-state index in [0.717, 1.165) is 96.3 Å².